The van der Waals surface area contributed by atoms with E-state index in [0.717, 1.165) is 31.6 Å². The zero-order valence-electron chi connectivity index (χ0n) is 11.9. The number of carbonyl (C=O) groups excluding carboxylic acids is 1. The molecule has 1 atom stereocenters. The molecular formula is C16H24N2O. The Kier molecular flexibility index (Phi) is 4.97. The summed E-state index contributed by atoms with van der Waals surface area (Å²) in [6, 6.07) is 10.0. The van der Waals surface area contributed by atoms with Crippen LogP contribution in [0.4, 0.5) is 0 Å². The molecule has 104 valence electrons. The first-order chi connectivity index (χ1) is 9.16. The van der Waals surface area contributed by atoms with Crippen molar-refractivity contribution in [2.24, 2.45) is 5.92 Å². The summed E-state index contributed by atoms with van der Waals surface area (Å²) in [5.41, 5.74) is 0.798. The molecule has 0 radical (unpaired) electrons. The Morgan fingerprint density at radius 2 is 2.11 bits per heavy atom. The van der Waals surface area contributed by atoms with Crippen LogP contribution in [0.1, 0.15) is 37.0 Å². The third-order valence-electron chi connectivity index (χ3n) is 3.54. The number of likely N-dealkylation sites (tertiary alicyclic amines) is 1. The van der Waals surface area contributed by atoms with E-state index in [-0.39, 0.29) is 5.91 Å². The number of nitrogens with one attached hydrogen (secondary N) is 1. The topological polar surface area (TPSA) is 32.3 Å². The fraction of sp³-hybridized carbons (Fsp3) is 0.562. The highest BCUT2D eigenvalue weighted by Gasteiger charge is 2.23. The Bertz CT molecular complexity index is 402. The summed E-state index contributed by atoms with van der Waals surface area (Å²) in [4.78, 5) is 14.4. The van der Waals surface area contributed by atoms with E-state index >= 15 is 0 Å². The molecule has 0 saturated carbocycles. The molecule has 2 rings (SSSR count). The Labute approximate surface area is 116 Å². The van der Waals surface area contributed by atoms with Gasteiger partial charge in [-0.05, 0) is 37.4 Å². The molecule has 0 aromatic heterocycles. The lowest BCUT2D eigenvalue weighted by Crippen LogP contribution is -2.48. The van der Waals surface area contributed by atoms with Gasteiger partial charge in [-0.25, -0.2) is 0 Å². The lowest BCUT2D eigenvalue weighted by atomic mass is 10.0. The van der Waals surface area contributed by atoms with Gasteiger partial charge in [0.2, 0.25) is 0 Å². The predicted molar refractivity (Wildman–Crippen MR) is 78.2 cm³/mol. The number of amides is 1. The van der Waals surface area contributed by atoms with Crippen molar-refractivity contribution in [3.63, 3.8) is 0 Å². The van der Waals surface area contributed by atoms with Crippen LogP contribution in [0.5, 0.6) is 0 Å². The van der Waals surface area contributed by atoms with Crippen molar-refractivity contribution in [3.05, 3.63) is 35.9 Å². The average Bonchev–Trinajstić information content (AvgIpc) is 2.45. The Hall–Kier alpha value is -1.35. The molecule has 1 fully saturated rings. The Morgan fingerprint density at radius 3 is 2.79 bits per heavy atom. The molecule has 1 N–H and O–H groups in total. The smallest absolute Gasteiger partial charge is 0.253 e. The first-order valence-corrected chi connectivity index (χ1v) is 7.24. The van der Waals surface area contributed by atoms with Gasteiger partial charge in [0.15, 0.2) is 0 Å². The van der Waals surface area contributed by atoms with Crippen LogP contribution in [0, 0.1) is 5.92 Å². The molecule has 0 aliphatic carbocycles. The van der Waals surface area contributed by atoms with Gasteiger partial charge >= 0.3 is 0 Å². The maximum atomic E-state index is 12.4. The molecule has 1 aromatic rings. The molecule has 1 saturated heterocycles. The van der Waals surface area contributed by atoms with Crippen molar-refractivity contribution in [2.45, 2.75) is 32.7 Å². The van der Waals surface area contributed by atoms with Crippen LogP contribution in [0.15, 0.2) is 30.3 Å². The molecule has 1 aliphatic heterocycles. The van der Waals surface area contributed by atoms with E-state index in [1.54, 1.807) is 0 Å². The largest absolute Gasteiger partial charge is 0.337 e. The van der Waals surface area contributed by atoms with Gasteiger partial charge in [0.05, 0.1) is 0 Å². The van der Waals surface area contributed by atoms with Gasteiger partial charge in [0, 0.05) is 24.7 Å². The summed E-state index contributed by atoms with van der Waals surface area (Å²) in [5, 5.41) is 3.56. The first-order valence-electron chi connectivity index (χ1n) is 7.24. The monoisotopic (exact) mass is 260 g/mol. The van der Waals surface area contributed by atoms with Crippen molar-refractivity contribution in [2.75, 3.05) is 19.6 Å². The second kappa shape index (κ2) is 6.71. The third kappa shape index (κ3) is 4.06. The number of hydrogen-bond donors (Lipinski definition) is 1. The van der Waals surface area contributed by atoms with Crippen LogP contribution in [0.3, 0.4) is 0 Å². The molecule has 1 aromatic carbocycles. The van der Waals surface area contributed by atoms with Gasteiger partial charge in [-0.15, -0.1) is 0 Å². The lowest BCUT2D eigenvalue weighted by Gasteiger charge is -2.33. The highest BCUT2D eigenvalue weighted by molar-refractivity contribution is 5.94. The fourth-order valence-corrected chi connectivity index (χ4v) is 2.49. The molecule has 19 heavy (non-hydrogen) atoms. The number of benzene rings is 1. The summed E-state index contributed by atoms with van der Waals surface area (Å²) >= 11 is 0. The maximum absolute atomic E-state index is 12.4. The van der Waals surface area contributed by atoms with Crippen LogP contribution in [-0.4, -0.2) is 36.5 Å². The van der Waals surface area contributed by atoms with E-state index in [9.17, 15) is 4.79 Å². The minimum atomic E-state index is 0.164. The van der Waals surface area contributed by atoms with Crippen LogP contribution >= 0.6 is 0 Å². The highest BCUT2D eigenvalue weighted by Crippen LogP contribution is 2.14. The fourth-order valence-electron chi connectivity index (χ4n) is 2.49. The van der Waals surface area contributed by atoms with E-state index < -0.39 is 0 Å². The summed E-state index contributed by atoms with van der Waals surface area (Å²) in [6.07, 6.45) is 2.26. The van der Waals surface area contributed by atoms with Crippen LogP contribution in [0.2, 0.25) is 0 Å². The van der Waals surface area contributed by atoms with Gasteiger partial charge in [-0.3, -0.25) is 4.79 Å². The average molecular weight is 260 g/mol. The van der Waals surface area contributed by atoms with Gasteiger partial charge in [-0.1, -0.05) is 32.0 Å². The second-order valence-electron chi connectivity index (χ2n) is 5.76. The van der Waals surface area contributed by atoms with E-state index in [0.29, 0.717) is 12.0 Å². The zero-order valence-corrected chi connectivity index (χ0v) is 11.9. The van der Waals surface area contributed by atoms with Crippen molar-refractivity contribution in [3.8, 4) is 0 Å². The number of piperidine rings is 1. The number of rotatable bonds is 4. The number of nitrogens with zero attached hydrogens (tertiary/aromatic N) is 1. The standard InChI is InChI=1S/C16H24N2O/c1-13(2)11-17-15-9-6-10-18(12-15)16(19)14-7-4-3-5-8-14/h3-5,7-8,13,15,17H,6,9-12H2,1-2H3. The Morgan fingerprint density at radius 1 is 1.37 bits per heavy atom. The van der Waals surface area contributed by atoms with Crippen molar-refractivity contribution >= 4 is 5.91 Å². The molecule has 1 aliphatic rings. The second-order valence-corrected chi connectivity index (χ2v) is 5.76. The minimum absolute atomic E-state index is 0.164. The molecular weight excluding hydrogens is 236 g/mol. The van der Waals surface area contributed by atoms with E-state index in [2.05, 4.69) is 19.2 Å². The molecule has 1 amide bonds. The Balaban J connectivity index is 1.92. The molecule has 1 unspecified atom stereocenters. The molecule has 0 bridgehead atoms. The SMILES string of the molecule is CC(C)CNC1CCCN(C(=O)c2ccccc2)C1. The van der Waals surface area contributed by atoms with Crippen LogP contribution in [-0.2, 0) is 0 Å². The summed E-state index contributed by atoms with van der Waals surface area (Å²) in [7, 11) is 0. The van der Waals surface area contributed by atoms with Gasteiger partial charge in [0.25, 0.3) is 5.91 Å². The zero-order chi connectivity index (χ0) is 13.7. The molecule has 1 heterocycles. The van der Waals surface area contributed by atoms with Gasteiger partial charge in [-0.2, -0.15) is 0 Å². The lowest BCUT2D eigenvalue weighted by molar-refractivity contribution is 0.0694. The van der Waals surface area contributed by atoms with Gasteiger partial charge in [0.1, 0.15) is 0 Å². The normalized spacial score (nSPS) is 19.7. The quantitative estimate of drug-likeness (QED) is 0.902. The van der Waals surface area contributed by atoms with Crippen LogP contribution in [0.25, 0.3) is 0 Å². The molecule has 0 spiro atoms. The first kappa shape index (κ1) is 14.1. The molecule has 3 heteroatoms. The predicted octanol–water partition coefficient (Wildman–Crippen LogP) is 2.54. The number of carbonyl (C=O) groups is 1. The number of hydrogen-bond acceptors (Lipinski definition) is 2. The molecule has 3 nitrogen and oxygen atoms in total. The van der Waals surface area contributed by atoms with E-state index in [1.807, 2.05) is 35.2 Å². The highest BCUT2D eigenvalue weighted by atomic mass is 16.2. The maximum Gasteiger partial charge on any atom is 0.253 e. The summed E-state index contributed by atoms with van der Waals surface area (Å²) in [5.74, 6) is 0.817. The minimum Gasteiger partial charge on any atom is -0.337 e. The van der Waals surface area contributed by atoms with E-state index in [4.69, 9.17) is 0 Å². The van der Waals surface area contributed by atoms with E-state index in [1.165, 1.54) is 6.42 Å². The van der Waals surface area contributed by atoms with Gasteiger partial charge < -0.3 is 10.2 Å². The van der Waals surface area contributed by atoms with Crippen molar-refractivity contribution in [1.29, 1.82) is 0 Å². The third-order valence-corrected chi connectivity index (χ3v) is 3.54. The van der Waals surface area contributed by atoms with Crippen molar-refractivity contribution < 1.29 is 4.79 Å². The van der Waals surface area contributed by atoms with Crippen molar-refractivity contribution in [1.82, 2.24) is 10.2 Å². The summed E-state index contributed by atoms with van der Waals surface area (Å²) < 4.78 is 0. The summed E-state index contributed by atoms with van der Waals surface area (Å²) in [6.45, 7) is 7.16. The van der Waals surface area contributed by atoms with Crippen LogP contribution < -0.4 is 5.32 Å².